The van der Waals surface area contributed by atoms with Crippen LogP contribution in [0.3, 0.4) is 0 Å². The molecule has 0 radical (unpaired) electrons. The van der Waals surface area contributed by atoms with Crippen LogP contribution < -0.4 is 10.2 Å². The lowest BCUT2D eigenvalue weighted by Crippen LogP contribution is -2.63. The molecule has 1 saturated carbocycles. The molecule has 2 aliphatic rings. The molecule has 0 bridgehead atoms. The van der Waals surface area contributed by atoms with Crippen molar-refractivity contribution in [3.8, 4) is 0 Å². The van der Waals surface area contributed by atoms with Crippen molar-refractivity contribution in [1.82, 2.24) is 5.32 Å². The standard InChI is InChI=1S/C16H18N2O3/c1-10-6-5-7-11(2)12(10)18-14(20)16(8-3-4-9-16)13(19)17-15(18)21/h5-7H,3-4,8-9H2,1-2H3,(H,17,19,21). The van der Waals surface area contributed by atoms with E-state index < -0.39 is 17.4 Å². The summed E-state index contributed by atoms with van der Waals surface area (Å²) in [5.41, 5.74) is 1.24. The van der Waals surface area contributed by atoms with E-state index in [9.17, 15) is 14.4 Å². The van der Waals surface area contributed by atoms with Gasteiger partial charge in [0.25, 0.3) is 5.91 Å². The predicted octanol–water partition coefficient (Wildman–Crippen LogP) is 2.45. The number of hydrogen-bond donors (Lipinski definition) is 1. The monoisotopic (exact) mass is 286 g/mol. The third-order valence-electron chi connectivity index (χ3n) is 4.59. The zero-order valence-corrected chi connectivity index (χ0v) is 12.2. The minimum absolute atomic E-state index is 0.369. The van der Waals surface area contributed by atoms with Crippen molar-refractivity contribution in [3.05, 3.63) is 29.3 Å². The van der Waals surface area contributed by atoms with Crippen molar-refractivity contribution in [2.24, 2.45) is 5.41 Å². The van der Waals surface area contributed by atoms with E-state index in [1.54, 1.807) is 0 Å². The summed E-state index contributed by atoms with van der Waals surface area (Å²) in [7, 11) is 0. The molecule has 1 aromatic carbocycles. The largest absolute Gasteiger partial charge is 0.335 e. The molecule has 1 aliphatic heterocycles. The van der Waals surface area contributed by atoms with Gasteiger partial charge in [-0.05, 0) is 37.8 Å². The Kier molecular flexibility index (Phi) is 3.08. The van der Waals surface area contributed by atoms with E-state index in [0.29, 0.717) is 18.5 Å². The van der Waals surface area contributed by atoms with Gasteiger partial charge in [0.2, 0.25) is 5.91 Å². The summed E-state index contributed by atoms with van der Waals surface area (Å²) in [6.07, 6.45) is 2.72. The minimum atomic E-state index is -1.05. The second-order valence-corrected chi connectivity index (χ2v) is 5.93. The number of aryl methyl sites for hydroxylation is 2. The Balaban J connectivity index is 2.11. The highest BCUT2D eigenvalue weighted by molar-refractivity contribution is 6.30. The highest BCUT2D eigenvalue weighted by Gasteiger charge is 2.55. The van der Waals surface area contributed by atoms with Crippen LogP contribution >= 0.6 is 0 Å². The Labute approximate surface area is 123 Å². The molecule has 3 rings (SSSR count). The van der Waals surface area contributed by atoms with E-state index in [1.165, 1.54) is 0 Å². The van der Waals surface area contributed by atoms with Gasteiger partial charge in [0, 0.05) is 0 Å². The van der Waals surface area contributed by atoms with E-state index in [4.69, 9.17) is 0 Å². The second-order valence-electron chi connectivity index (χ2n) is 5.93. The molecule has 1 aromatic rings. The topological polar surface area (TPSA) is 66.5 Å². The third-order valence-corrected chi connectivity index (χ3v) is 4.59. The van der Waals surface area contributed by atoms with E-state index >= 15 is 0 Å². The minimum Gasteiger partial charge on any atom is -0.276 e. The van der Waals surface area contributed by atoms with Gasteiger partial charge in [-0.3, -0.25) is 14.9 Å². The summed E-state index contributed by atoms with van der Waals surface area (Å²) >= 11 is 0. The van der Waals surface area contributed by atoms with Crippen LogP contribution in [0.4, 0.5) is 10.5 Å². The van der Waals surface area contributed by atoms with Crippen molar-refractivity contribution < 1.29 is 14.4 Å². The van der Waals surface area contributed by atoms with Gasteiger partial charge in [-0.15, -0.1) is 0 Å². The number of rotatable bonds is 1. The Morgan fingerprint density at radius 3 is 2.19 bits per heavy atom. The lowest BCUT2D eigenvalue weighted by Gasteiger charge is -2.37. The number of carbonyl (C=O) groups excluding carboxylic acids is 3. The van der Waals surface area contributed by atoms with Crippen molar-refractivity contribution >= 4 is 23.5 Å². The van der Waals surface area contributed by atoms with Crippen molar-refractivity contribution in [1.29, 1.82) is 0 Å². The molecule has 2 fully saturated rings. The lowest BCUT2D eigenvalue weighted by molar-refractivity contribution is -0.142. The number of barbiturate groups is 1. The Morgan fingerprint density at radius 2 is 1.62 bits per heavy atom. The fraction of sp³-hybridized carbons (Fsp3) is 0.438. The van der Waals surface area contributed by atoms with Crippen LogP contribution in [-0.4, -0.2) is 17.8 Å². The second kappa shape index (κ2) is 4.69. The average Bonchev–Trinajstić information content (AvgIpc) is 2.91. The number of amides is 4. The number of hydrogen-bond acceptors (Lipinski definition) is 3. The first-order valence-corrected chi connectivity index (χ1v) is 7.23. The maximum absolute atomic E-state index is 12.9. The average molecular weight is 286 g/mol. The zero-order valence-electron chi connectivity index (χ0n) is 12.2. The molecule has 0 aromatic heterocycles. The van der Waals surface area contributed by atoms with Crippen LogP contribution in [0.2, 0.25) is 0 Å². The Bertz CT molecular complexity index is 625. The van der Waals surface area contributed by atoms with E-state index in [-0.39, 0.29) is 5.91 Å². The van der Waals surface area contributed by atoms with E-state index in [1.807, 2.05) is 32.0 Å². The van der Waals surface area contributed by atoms with E-state index in [0.717, 1.165) is 28.9 Å². The zero-order chi connectivity index (χ0) is 15.2. The van der Waals surface area contributed by atoms with Gasteiger partial charge in [-0.2, -0.15) is 0 Å². The fourth-order valence-corrected chi connectivity index (χ4v) is 3.46. The molecule has 0 atom stereocenters. The lowest BCUT2D eigenvalue weighted by atomic mass is 9.81. The number of urea groups is 1. The molecule has 110 valence electrons. The van der Waals surface area contributed by atoms with Crippen LogP contribution in [0.1, 0.15) is 36.8 Å². The summed E-state index contributed by atoms with van der Waals surface area (Å²) in [5.74, 6) is -0.802. The molecule has 1 saturated heterocycles. The third kappa shape index (κ3) is 1.87. The molecule has 1 N–H and O–H groups in total. The van der Waals surface area contributed by atoms with E-state index in [2.05, 4.69) is 5.32 Å². The number of anilines is 1. The maximum Gasteiger partial charge on any atom is 0.335 e. The number of nitrogens with zero attached hydrogens (tertiary/aromatic N) is 1. The van der Waals surface area contributed by atoms with Gasteiger partial charge in [0.05, 0.1) is 5.69 Å². The fourth-order valence-electron chi connectivity index (χ4n) is 3.46. The summed E-state index contributed by atoms with van der Waals surface area (Å²) in [6, 6.07) is 4.97. The van der Waals surface area contributed by atoms with Crippen LogP contribution in [0.25, 0.3) is 0 Å². The van der Waals surface area contributed by atoms with Crippen LogP contribution in [0.15, 0.2) is 18.2 Å². The summed E-state index contributed by atoms with van der Waals surface area (Å²) in [4.78, 5) is 38.5. The van der Waals surface area contributed by atoms with Gasteiger partial charge in [-0.25, -0.2) is 9.69 Å². The van der Waals surface area contributed by atoms with Gasteiger partial charge in [0.15, 0.2) is 0 Å². The molecule has 0 unspecified atom stereocenters. The number of para-hydroxylation sites is 1. The van der Waals surface area contributed by atoms with Gasteiger partial charge in [-0.1, -0.05) is 31.0 Å². The first kappa shape index (κ1) is 13.8. The molecular weight excluding hydrogens is 268 g/mol. The highest BCUT2D eigenvalue weighted by Crippen LogP contribution is 2.43. The van der Waals surface area contributed by atoms with Crippen LogP contribution in [-0.2, 0) is 9.59 Å². The van der Waals surface area contributed by atoms with Crippen molar-refractivity contribution in [3.63, 3.8) is 0 Å². The SMILES string of the molecule is Cc1cccc(C)c1N1C(=O)NC(=O)C2(CCCC2)C1=O. The molecule has 5 heteroatoms. The quantitative estimate of drug-likeness (QED) is 0.806. The smallest absolute Gasteiger partial charge is 0.276 e. The van der Waals surface area contributed by atoms with Gasteiger partial charge < -0.3 is 0 Å². The number of nitrogens with one attached hydrogen (secondary N) is 1. The van der Waals surface area contributed by atoms with Crippen molar-refractivity contribution in [2.75, 3.05) is 4.90 Å². The Hall–Kier alpha value is -2.17. The van der Waals surface area contributed by atoms with Gasteiger partial charge >= 0.3 is 6.03 Å². The summed E-state index contributed by atoms with van der Waals surface area (Å²) < 4.78 is 0. The molecular formula is C16H18N2O3. The first-order chi connectivity index (χ1) is 9.97. The normalized spacial score (nSPS) is 21.0. The van der Waals surface area contributed by atoms with Crippen LogP contribution in [0.5, 0.6) is 0 Å². The van der Waals surface area contributed by atoms with Crippen LogP contribution in [0, 0.1) is 19.3 Å². The summed E-state index contributed by atoms with van der Waals surface area (Å²) in [5, 5.41) is 2.37. The molecule has 1 aliphatic carbocycles. The number of benzene rings is 1. The van der Waals surface area contributed by atoms with Crippen molar-refractivity contribution in [2.45, 2.75) is 39.5 Å². The molecule has 1 heterocycles. The van der Waals surface area contributed by atoms with Gasteiger partial charge in [0.1, 0.15) is 5.41 Å². The highest BCUT2D eigenvalue weighted by atomic mass is 16.2. The molecule has 4 amide bonds. The predicted molar refractivity (Wildman–Crippen MR) is 77.8 cm³/mol. The number of imide groups is 2. The molecule has 5 nitrogen and oxygen atoms in total. The molecule has 1 spiro atoms. The maximum atomic E-state index is 12.9. The Morgan fingerprint density at radius 1 is 1.05 bits per heavy atom. The number of carbonyl (C=O) groups is 3. The first-order valence-electron chi connectivity index (χ1n) is 7.23. The summed E-state index contributed by atoms with van der Waals surface area (Å²) in [6.45, 7) is 3.72. The molecule has 21 heavy (non-hydrogen) atoms.